The van der Waals surface area contributed by atoms with Gasteiger partial charge in [0.1, 0.15) is 10.3 Å². The molecule has 2 aromatic heterocycles. The van der Waals surface area contributed by atoms with Crippen molar-refractivity contribution in [2.24, 2.45) is 0 Å². The Morgan fingerprint density at radius 3 is 2.80 bits per heavy atom. The van der Waals surface area contributed by atoms with Crippen LogP contribution in [0.25, 0.3) is 16.6 Å². The average molecular weight is 261 g/mol. The summed E-state index contributed by atoms with van der Waals surface area (Å²) in [7, 11) is 0. The summed E-state index contributed by atoms with van der Waals surface area (Å²) >= 11 is 3.57. The quantitative estimate of drug-likeness (QED) is 0.604. The first-order valence-corrected chi connectivity index (χ1v) is 5.59. The highest BCUT2D eigenvalue weighted by atomic mass is 79.9. The van der Waals surface area contributed by atoms with Crippen molar-refractivity contribution >= 4 is 32.5 Å². The van der Waals surface area contributed by atoms with Crippen molar-refractivity contribution in [2.75, 3.05) is 0 Å². The van der Waals surface area contributed by atoms with E-state index < -0.39 is 0 Å². The molecule has 1 aromatic carbocycles. The molecule has 0 aliphatic rings. The molecular weight excluding hydrogens is 252 g/mol. The van der Waals surface area contributed by atoms with Crippen molar-refractivity contribution in [3.63, 3.8) is 0 Å². The van der Waals surface area contributed by atoms with E-state index in [0.29, 0.717) is 0 Å². The number of aromatic nitrogens is 2. The van der Waals surface area contributed by atoms with Crippen molar-refractivity contribution in [1.82, 2.24) is 9.38 Å². The maximum atomic E-state index is 4.48. The van der Waals surface area contributed by atoms with Crippen molar-refractivity contribution in [3.05, 3.63) is 46.7 Å². The number of halogens is 1. The number of benzene rings is 1. The second-order valence-corrected chi connectivity index (χ2v) is 4.32. The number of pyridine rings is 1. The lowest BCUT2D eigenvalue weighted by molar-refractivity contribution is 1.21. The van der Waals surface area contributed by atoms with Crippen molar-refractivity contribution in [2.45, 2.75) is 6.92 Å². The zero-order valence-electron chi connectivity index (χ0n) is 8.24. The number of fused-ring (bicyclic) bond motifs is 3. The third kappa shape index (κ3) is 1.20. The van der Waals surface area contributed by atoms with E-state index in [1.54, 1.807) is 0 Å². The second kappa shape index (κ2) is 3.07. The van der Waals surface area contributed by atoms with Crippen LogP contribution < -0.4 is 0 Å². The number of imidazole rings is 1. The van der Waals surface area contributed by atoms with E-state index in [1.165, 1.54) is 10.9 Å². The Morgan fingerprint density at radius 2 is 1.93 bits per heavy atom. The third-order valence-corrected chi connectivity index (χ3v) is 3.52. The van der Waals surface area contributed by atoms with Gasteiger partial charge in [0.05, 0.1) is 11.2 Å². The molecule has 2 nitrogen and oxygen atoms in total. The SMILES string of the molecule is Cc1nc2ccc3ccccc3n2c1Br. The monoisotopic (exact) mass is 260 g/mol. The molecule has 0 spiro atoms. The fourth-order valence-electron chi connectivity index (χ4n) is 1.87. The largest absolute Gasteiger partial charge is 0.286 e. The van der Waals surface area contributed by atoms with Gasteiger partial charge < -0.3 is 0 Å². The van der Waals surface area contributed by atoms with Crippen LogP contribution in [0.3, 0.4) is 0 Å². The highest BCUT2D eigenvalue weighted by Crippen LogP contribution is 2.24. The number of nitrogens with zero attached hydrogens (tertiary/aromatic N) is 2. The standard InChI is InChI=1S/C12H9BrN2/c1-8-12(13)15-10-5-3-2-4-9(10)6-7-11(15)14-8/h2-7H,1H3. The van der Waals surface area contributed by atoms with E-state index in [2.05, 4.69) is 43.5 Å². The summed E-state index contributed by atoms with van der Waals surface area (Å²) in [5, 5.41) is 1.23. The van der Waals surface area contributed by atoms with Crippen LogP contribution in [0.5, 0.6) is 0 Å². The molecule has 0 N–H and O–H groups in total. The van der Waals surface area contributed by atoms with Crippen LogP contribution in [0, 0.1) is 6.92 Å². The summed E-state index contributed by atoms with van der Waals surface area (Å²) in [5.41, 5.74) is 3.19. The molecule has 0 amide bonds. The van der Waals surface area contributed by atoms with Gasteiger partial charge in [0.2, 0.25) is 0 Å². The molecule has 0 fully saturated rings. The maximum Gasteiger partial charge on any atom is 0.138 e. The van der Waals surface area contributed by atoms with E-state index in [4.69, 9.17) is 0 Å². The van der Waals surface area contributed by atoms with Crippen LogP contribution in [0.1, 0.15) is 5.69 Å². The molecule has 0 saturated heterocycles. The van der Waals surface area contributed by atoms with Gasteiger partial charge in [-0.1, -0.05) is 18.2 Å². The minimum Gasteiger partial charge on any atom is -0.286 e. The van der Waals surface area contributed by atoms with Crippen LogP contribution in [0.15, 0.2) is 41.0 Å². The average Bonchev–Trinajstić information content (AvgIpc) is 2.55. The second-order valence-electron chi connectivity index (χ2n) is 3.57. The molecule has 2 heterocycles. The summed E-state index contributed by atoms with van der Waals surface area (Å²) in [6.45, 7) is 2.01. The molecule has 3 rings (SSSR count). The van der Waals surface area contributed by atoms with Gasteiger partial charge in [-0.2, -0.15) is 0 Å². The third-order valence-electron chi connectivity index (χ3n) is 2.60. The molecule has 3 heteroatoms. The molecule has 15 heavy (non-hydrogen) atoms. The lowest BCUT2D eigenvalue weighted by Crippen LogP contribution is -1.87. The minimum atomic E-state index is 0.984. The highest BCUT2D eigenvalue weighted by molar-refractivity contribution is 9.10. The molecule has 0 radical (unpaired) electrons. The summed E-state index contributed by atoms with van der Waals surface area (Å²) < 4.78 is 3.17. The first-order valence-electron chi connectivity index (χ1n) is 4.80. The van der Waals surface area contributed by atoms with E-state index >= 15 is 0 Å². The molecule has 0 saturated carbocycles. The van der Waals surface area contributed by atoms with Crippen LogP contribution in [-0.4, -0.2) is 9.38 Å². The summed E-state index contributed by atoms with van der Waals surface area (Å²) in [4.78, 5) is 4.48. The number of aryl methyl sites for hydroxylation is 1. The number of hydrogen-bond acceptors (Lipinski definition) is 1. The van der Waals surface area contributed by atoms with E-state index in [-0.39, 0.29) is 0 Å². The maximum absolute atomic E-state index is 4.48. The van der Waals surface area contributed by atoms with Gasteiger partial charge in [0, 0.05) is 0 Å². The summed E-state index contributed by atoms with van der Waals surface area (Å²) in [6, 6.07) is 12.4. The van der Waals surface area contributed by atoms with Crippen molar-refractivity contribution in [1.29, 1.82) is 0 Å². The van der Waals surface area contributed by atoms with E-state index in [0.717, 1.165) is 15.9 Å². The fraction of sp³-hybridized carbons (Fsp3) is 0.0833. The van der Waals surface area contributed by atoms with E-state index in [1.807, 2.05) is 25.1 Å². The smallest absolute Gasteiger partial charge is 0.138 e. The molecular formula is C12H9BrN2. The van der Waals surface area contributed by atoms with Gasteiger partial charge in [-0.25, -0.2) is 4.98 Å². The Kier molecular flexibility index (Phi) is 1.83. The molecule has 3 aromatic rings. The lowest BCUT2D eigenvalue weighted by atomic mass is 10.2. The Hall–Kier alpha value is -1.35. The van der Waals surface area contributed by atoms with Crippen LogP contribution in [-0.2, 0) is 0 Å². The molecule has 0 atom stereocenters. The van der Waals surface area contributed by atoms with Gasteiger partial charge in [-0.15, -0.1) is 0 Å². The summed E-state index contributed by atoms with van der Waals surface area (Å²) in [5.74, 6) is 0. The van der Waals surface area contributed by atoms with Gasteiger partial charge >= 0.3 is 0 Å². The van der Waals surface area contributed by atoms with Crippen molar-refractivity contribution in [3.8, 4) is 0 Å². The Balaban J connectivity index is 2.63. The van der Waals surface area contributed by atoms with E-state index in [9.17, 15) is 0 Å². The van der Waals surface area contributed by atoms with Crippen molar-refractivity contribution < 1.29 is 0 Å². The Labute approximate surface area is 95.7 Å². The van der Waals surface area contributed by atoms with Gasteiger partial charge in [-0.05, 0) is 46.4 Å². The number of para-hydroxylation sites is 1. The van der Waals surface area contributed by atoms with Gasteiger partial charge in [0.25, 0.3) is 0 Å². The fourth-order valence-corrected chi connectivity index (χ4v) is 2.33. The first-order chi connectivity index (χ1) is 7.27. The zero-order valence-corrected chi connectivity index (χ0v) is 9.82. The predicted octanol–water partition coefficient (Wildman–Crippen LogP) is 3.56. The first kappa shape index (κ1) is 8.92. The topological polar surface area (TPSA) is 17.3 Å². The van der Waals surface area contributed by atoms with Crippen LogP contribution in [0.2, 0.25) is 0 Å². The number of rotatable bonds is 0. The molecule has 0 unspecified atom stereocenters. The van der Waals surface area contributed by atoms with Crippen LogP contribution >= 0.6 is 15.9 Å². The van der Waals surface area contributed by atoms with Crippen LogP contribution in [0.4, 0.5) is 0 Å². The Bertz CT molecular complexity index is 655. The molecule has 74 valence electrons. The predicted molar refractivity (Wildman–Crippen MR) is 65.1 cm³/mol. The highest BCUT2D eigenvalue weighted by Gasteiger charge is 2.07. The zero-order chi connectivity index (χ0) is 10.4. The minimum absolute atomic E-state index is 0.984. The van der Waals surface area contributed by atoms with Gasteiger partial charge in [-0.3, -0.25) is 4.40 Å². The number of hydrogen-bond donors (Lipinski definition) is 0. The molecule has 0 aliphatic heterocycles. The lowest BCUT2D eigenvalue weighted by Gasteiger charge is -2.02. The normalized spacial score (nSPS) is 11.3. The Morgan fingerprint density at radius 1 is 1.13 bits per heavy atom. The molecule has 0 bridgehead atoms. The van der Waals surface area contributed by atoms with Gasteiger partial charge in [0.15, 0.2) is 0 Å². The molecule has 0 aliphatic carbocycles. The summed E-state index contributed by atoms with van der Waals surface area (Å²) in [6.07, 6.45) is 0.